The molecule has 0 heterocycles. The molecule has 136 valence electrons. The molecule has 2 aromatic rings. The lowest BCUT2D eigenvalue weighted by atomic mass is 10.1. The predicted octanol–water partition coefficient (Wildman–Crippen LogP) is 5.81. The van der Waals surface area contributed by atoms with E-state index in [0.29, 0.717) is 12.1 Å². The minimum Gasteiger partial charge on any atom is -0.429 e. The molecule has 0 aliphatic carbocycles. The van der Waals surface area contributed by atoms with Crippen LogP contribution in [0.4, 0.5) is 26.3 Å². The molecular weight excluding hydrogens is 350 g/mol. The fraction of sp³-hybridized carbons (Fsp3) is 0.294. The SMILES string of the molecule is CCCc1ccc(C(F)(F)Oc2ccc(OC(F)(F)F)c(F)c2)cc1. The first-order valence-electron chi connectivity index (χ1n) is 7.32. The Bertz CT molecular complexity index is 710. The molecule has 25 heavy (non-hydrogen) atoms. The van der Waals surface area contributed by atoms with Gasteiger partial charge in [0.05, 0.1) is 5.56 Å². The molecule has 0 aromatic heterocycles. The number of alkyl halides is 5. The third-order valence-electron chi connectivity index (χ3n) is 3.20. The van der Waals surface area contributed by atoms with Gasteiger partial charge in [0.25, 0.3) is 0 Å². The summed E-state index contributed by atoms with van der Waals surface area (Å²) >= 11 is 0. The molecule has 0 bridgehead atoms. The molecule has 0 aliphatic heterocycles. The summed E-state index contributed by atoms with van der Waals surface area (Å²) in [6.45, 7) is 1.95. The van der Waals surface area contributed by atoms with E-state index in [1.807, 2.05) is 6.92 Å². The summed E-state index contributed by atoms with van der Waals surface area (Å²) < 4.78 is 85.8. The molecule has 0 fully saturated rings. The molecule has 0 amide bonds. The molecule has 0 atom stereocenters. The average Bonchev–Trinajstić information content (AvgIpc) is 2.49. The van der Waals surface area contributed by atoms with Crippen LogP contribution < -0.4 is 9.47 Å². The normalized spacial score (nSPS) is 12.1. The first-order chi connectivity index (χ1) is 11.6. The van der Waals surface area contributed by atoms with Gasteiger partial charge in [0.2, 0.25) is 0 Å². The second-order valence-electron chi connectivity index (χ2n) is 5.21. The molecule has 2 nitrogen and oxygen atoms in total. The maximum atomic E-state index is 14.1. The topological polar surface area (TPSA) is 18.5 Å². The Morgan fingerprint density at radius 1 is 0.880 bits per heavy atom. The van der Waals surface area contributed by atoms with Gasteiger partial charge in [-0.1, -0.05) is 25.5 Å². The summed E-state index contributed by atoms with van der Waals surface area (Å²) in [5, 5.41) is 0. The van der Waals surface area contributed by atoms with E-state index in [0.717, 1.165) is 24.5 Å². The zero-order chi connectivity index (χ0) is 18.7. The lowest BCUT2D eigenvalue weighted by Gasteiger charge is -2.19. The van der Waals surface area contributed by atoms with Gasteiger partial charge in [-0.25, -0.2) is 4.39 Å². The van der Waals surface area contributed by atoms with Gasteiger partial charge >= 0.3 is 12.5 Å². The molecule has 2 aromatic carbocycles. The molecule has 8 heteroatoms. The minimum absolute atomic E-state index is 0.403. The summed E-state index contributed by atoms with van der Waals surface area (Å²) in [6.07, 6.45) is -7.27. The van der Waals surface area contributed by atoms with Gasteiger partial charge in [0.1, 0.15) is 5.75 Å². The molecule has 0 unspecified atom stereocenters. The highest BCUT2D eigenvalue weighted by atomic mass is 19.4. The lowest BCUT2D eigenvalue weighted by Crippen LogP contribution is -2.22. The van der Waals surface area contributed by atoms with Crippen molar-refractivity contribution in [3.63, 3.8) is 0 Å². The summed E-state index contributed by atoms with van der Waals surface area (Å²) in [6, 6.07) is 7.15. The van der Waals surface area contributed by atoms with Gasteiger partial charge in [-0.15, -0.1) is 13.2 Å². The molecule has 0 spiro atoms. The van der Waals surface area contributed by atoms with Crippen molar-refractivity contribution in [2.75, 3.05) is 0 Å². The molecule has 0 saturated heterocycles. The quantitative estimate of drug-likeness (QED) is 0.603. The smallest absolute Gasteiger partial charge is 0.429 e. The van der Waals surface area contributed by atoms with Crippen LogP contribution >= 0.6 is 0 Å². The number of halogens is 6. The number of benzene rings is 2. The Morgan fingerprint density at radius 3 is 2.04 bits per heavy atom. The Kier molecular flexibility index (Phi) is 5.49. The van der Waals surface area contributed by atoms with Gasteiger partial charge < -0.3 is 9.47 Å². The lowest BCUT2D eigenvalue weighted by molar-refractivity contribution is -0.275. The largest absolute Gasteiger partial charge is 0.573 e. The molecule has 2 rings (SSSR count). The minimum atomic E-state index is -5.09. The Morgan fingerprint density at radius 2 is 1.52 bits per heavy atom. The van der Waals surface area contributed by atoms with Crippen molar-refractivity contribution in [3.8, 4) is 11.5 Å². The van der Waals surface area contributed by atoms with Gasteiger partial charge in [-0.3, -0.25) is 0 Å². The summed E-state index contributed by atoms with van der Waals surface area (Å²) in [5.41, 5.74) is 0.421. The first-order valence-corrected chi connectivity index (χ1v) is 7.32. The van der Waals surface area contributed by atoms with Crippen molar-refractivity contribution in [3.05, 3.63) is 59.4 Å². The van der Waals surface area contributed by atoms with E-state index in [1.165, 1.54) is 24.3 Å². The highest BCUT2D eigenvalue weighted by Gasteiger charge is 2.35. The van der Waals surface area contributed by atoms with Crippen molar-refractivity contribution in [1.29, 1.82) is 0 Å². The highest BCUT2D eigenvalue weighted by Crippen LogP contribution is 2.34. The Balaban J connectivity index is 2.15. The van der Waals surface area contributed by atoms with Crippen LogP contribution in [0.5, 0.6) is 11.5 Å². The van der Waals surface area contributed by atoms with Crippen LogP contribution in [0.1, 0.15) is 24.5 Å². The number of hydrogen-bond donors (Lipinski definition) is 0. The number of rotatable bonds is 6. The Hall–Kier alpha value is -2.38. The summed E-state index contributed by atoms with van der Waals surface area (Å²) in [7, 11) is 0. The Labute approximate surface area is 140 Å². The fourth-order valence-corrected chi connectivity index (χ4v) is 2.11. The maximum absolute atomic E-state index is 14.1. The third-order valence-corrected chi connectivity index (χ3v) is 3.20. The van der Waals surface area contributed by atoms with Crippen LogP contribution in [0.2, 0.25) is 0 Å². The van der Waals surface area contributed by atoms with Gasteiger partial charge in [-0.05, 0) is 36.2 Å². The average molecular weight is 364 g/mol. The van der Waals surface area contributed by atoms with Crippen LogP contribution in [-0.2, 0) is 12.5 Å². The van der Waals surface area contributed by atoms with Crippen molar-refractivity contribution >= 4 is 0 Å². The second kappa shape index (κ2) is 7.25. The van der Waals surface area contributed by atoms with Gasteiger partial charge in [0, 0.05) is 6.07 Å². The zero-order valence-corrected chi connectivity index (χ0v) is 13.0. The van der Waals surface area contributed by atoms with E-state index in [2.05, 4.69) is 9.47 Å². The van der Waals surface area contributed by atoms with Crippen molar-refractivity contribution in [2.45, 2.75) is 32.2 Å². The van der Waals surface area contributed by atoms with E-state index in [-0.39, 0.29) is 0 Å². The predicted molar refractivity (Wildman–Crippen MR) is 78.0 cm³/mol. The molecular formula is C17H14F6O2. The fourth-order valence-electron chi connectivity index (χ4n) is 2.11. The zero-order valence-electron chi connectivity index (χ0n) is 13.0. The molecule has 0 aliphatic rings. The van der Waals surface area contributed by atoms with Gasteiger partial charge in [-0.2, -0.15) is 8.78 Å². The monoisotopic (exact) mass is 364 g/mol. The summed E-state index contributed by atoms with van der Waals surface area (Å²) in [5.74, 6) is -3.23. The molecule has 0 N–H and O–H groups in total. The van der Waals surface area contributed by atoms with Crippen molar-refractivity contribution < 1.29 is 35.8 Å². The van der Waals surface area contributed by atoms with E-state index in [4.69, 9.17) is 0 Å². The van der Waals surface area contributed by atoms with Crippen molar-refractivity contribution in [2.24, 2.45) is 0 Å². The van der Waals surface area contributed by atoms with E-state index >= 15 is 0 Å². The number of ether oxygens (including phenoxy) is 2. The van der Waals surface area contributed by atoms with E-state index in [1.54, 1.807) is 0 Å². The standard InChI is InChI=1S/C17H14F6O2/c1-2-3-11-4-6-12(7-5-11)16(19,20)24-13-8-9-15(14(18)10-13)25-17(21,22)23/h4-10H,2-3H2,1H3. The van der Waals surface area contributed by atoms with Crippen LogP contribution in [0.3, 0.4) is 0 Å². The first kappa shape index (κ1) is 19.0. The van der Waals surface area contributed by atoms with E-state index < -0.39 is 35.4 Å². The van der Waals surface area contributed by atoms with Crippen LogP contribution in [-0.4, -0.2) is 6.36 Å². The third kappa shape index (κ3) is 5.30. The molecule has 0 saturated carbocycles. The van der Waals surface area contributed by atoms with Crippen LogP contribution in [0, 0.1) is 5.82 Å². The van der Waals surface area contributed by atoms with Gasteiger partial charge in [0.15, 0.2) is 11.6 Å². The summed E-state index contributed by atoms with van der Waals surface area (Å²) in [4.78, 5) is 0. The van der Waals surface area contributed by atoms with Crippen LogP contribution in [0.15, 0.2) is 42.5 Å². The number of hydrogen-bond acceptors (Lipinski definition) is 2. The molecule has 0 radical (unpaired) electrons. The highest BCUT2D eigenvalue weighted by molar-refractivity contribution is 5.34. The second-order valence-corrected chi connectivity index (χ2v) is 5.21. The van der Waals surface area contributed by atoms with Crippen LogP contribution in [0.25, 0.3) is 0 Å². The van der Waals surface area contributed by atoms with Crippen molar-refractivity contribution in [1.82, 2.24) is 0 Å². The number of aryl methyl sites for hydroxylation is 1. The maximum Gasteiger partial charge on any atom is 0.573 e. The van der Waals surface area contributed by atoms with E-state index in [9.17, 15) is 26.3 Å².